The maximum absolute atomic E-state index is 11.5. The predicted octanol–water partition coefficient (Wildman–Crippen LogP) is 2.39. The van der Waals surface area contributed by atoms with E-state index in [-0.39, 0.29) is 12.0 Å². The highest BCUT2D eigenvalue weighted by Gasteiger charge is 2.25. The highest BCUT2D eigenvalue weighted by molar-refractivity contribution is 5.93. The van der Waals surface area contributed by atoms with Crippen molar-refractivity contribution in [2.75, 3.05) is 0 Å². The van der Waals surface area contributed by atoms with E-state index >= 15 is 0 Å². The molecule has 4 heteroatoms. The van der Waals surface area contributed by atoms with E-state index in [0.29, 0.717) is 5.92 Å². The molecule has 0 aromatic carbocycles. The molecule has 0 bridgehead atoms. The largest absolute Gasteiger partial charge is 0.481 e. The number of rotatable bonds is 6. The number of hydrogen-bond donors (Lipinski definition) is 1. The van der Waals surface area contributed by atoms with E-state index in [1.165, 1.54) is 0 Å². The fourth-order valence-electron chi connectivity index (χ4n) is 1.60. The number of aliphatic carboxylic acids is 1. The van der Waals surface area contributed by atoms with Crippen LogP contribution in [0.5, 0.6) is 0 Å². The summed E-state index contributed by atoms with van der Waals surface area (Å²) in [7, 11) is 0. The lowest BCUT2D eigenvalue weighted by molar-refractivity contribution is -0.154. The summed E-state index contributed by atoms with van der Waals surface area (Å²) >= 11 is 0. The van der Waals surface area contributed by atoms with Crippen LogP contribution in [0.25, 0.3) is 0 Å². The van der Waals surface area contributed by atoms with Crippen LogP contribution in [0.1, 0.15) is 40.5 Å². The van der Waals surface area contributed by atoms with Crippen molar-refractivity contribution in [2.24, 2.45) is 5.92 Å². The van der Waals surface area contributed by atoms with Crippen molar-refractivity contribution in [3.8, 4) is 0 Å². The van der Waals surface area contributed by atoms with Crippen molar-refractivity contribution < 1.29 is 19.4 Å². The zero-order valence-electron chi connectivity index (χ0n) is 10.4. The summed E-state index contributed by atoms with van der Waals surface area (Å²) in [6.07, 6.45) is 0.343. The Balaban J connectivity index is 4.32. The SMILES string of the molecule is C=C(CC(=O)O)C(=O)OC(C)(C)CC(C)C. The van der Waals surface area contributed by atoms with Gasteiger partial charge in [0.15, 0.2) is 0 Å². The van der Waals surface area contributed by atoms with Gasteiger partial charge in [-0.1, -0.05) is 20.4 Å². The molecule has 0 fully saturated rings. The predicted molar refractivity (Wildman–Crippen MR) is 61.0 cm³/mol. The van der Waals surface area contributed by atoms with Gasteiger partial charge in [0.1, 0.15) is 5.60 Å². The first-order chi connectivity index (χ1) is 7.14. The van der Waals surface area contributed by atoms with Crippen molar-refractivity contribution in [1.29, 1.82) is 0 Å². The molecule has 1 N–H and O–H groups in total. The molecule has 0 unspecified atom stereocenters. The average molecular weight is 228 g/mol. The molecule has 0 aromatic rings. The van der Waals surface area contributed by atoms with Crippen LogP contribution < -0.4 is 0 Å². The Hall–Kier alpha value is -1.32. The molecule has 0 rings (SSSR count). The zero-order chi connectivity index (χ0) is 12.9. The van der Waals surface area contributed by atoms with Crippen LogP contribution in [0.4, 0.5) is 0 Å². The lowest BCUT2D eigenvalue weighted by atomic mass is 9.96. The third kappa shape index (κ3) is 6.22. The van der Waals surface area contributed by atoms with Gasteiger partial charge in [0, 0.05) is 5.57 Å². The number of carbonyl (C=O) groups excluding carboxylic acids is 1. The first-order valence-corrected chi connectivity index (χ1v) is 5.27. The second kappa shape index (κ2) is 5.68. The van der Waals surface area contributed by atoms with Crippen LogP contribution in [0, 0.1) is 5.92 Å². The molecule has 0 saturated heterocycles. The monoisotopic (exact) mass is 228 g/mol. The molecule has 92 valence electrons. The van der Waals surface area contributed by atoms with Gasteiger partial charge in [0.2, 0.25) is 0 Å². The summed E-state index contributed by atoms with van der Waals surface area (Å²) in [5, 5.41) is 8.51. The van der Waals surface area contributed by atoms with Crippen molar-refractivity contribution in [3.63, 3.8) is 0 Å². The minimum atomic E-state index is -1.08. The van der Waals surface area contributed by atoms with Crippen molar-refractivity contribution in [1.82, 2.24) is 0 Å². The summed E-state index contributed by atoms with van der Waals surface area (Å²) in [5.41, 5.74) is -0.614. The molecule has 0 aliphatic rings. The number of esters is 1. The van der Waals surface area contributed by atoms with Gasteiger partial charge in [0.25, 0.3) is 0 Å². The van der Waals surface area contributed by atoms with Gasteiger partial charge in [-0.2, -0.15) is 0 Å². The summed E-state index contributed by atoms with van der Waals surface area (Å²) in [4.78, 5) is 21.9. The molecular formula is C12H20O4. The van der Waals surface area contributed by atoms with Gasteiger partial charge in [0.05, 0.1) is 6.42 Å². The van der Waals surface area contributed by atoms with Crippen LogP contribution in [-0.4, -0.2) is 22.6 Å². The van der Waals surface area contributed by atoms with Crippen LogP contribution in [-0.2, 0) is 14.3 Å². The lowest BCUT2D eigenvalue weighted by Gasteiger charge is -2.27. The smallest absolute Gasteiger partial charge is 0.334 e. The topological polar surface area (TPSA) is 63.6 Å². The summed E-state index contributed by atoms with van der Waals surface area (Å²) in [6, 6.07) is 0. The van der Waals surface area contributed by atoms with Crippen LogP contribution >= 0.6 is 0 Å². The number of carboxylic acid groups (broad SMARTS) is 1. The molecule has 16 heavy (non-hydrogen) atoms. The van der Waals surface area contributed by atoms with Crippen molar-refractivity contribution >= 4 is 11.9 Å². The van der Waals surface area contributed by atoms with Gasteiger partial charge < -0.3 is 9.84 Å². The van der Waals surface area contributed by atoms with Crippen LogP contribution in [0.2, 0.25) is 0 Å². The van der Waals surface area contributed by atoms with Gasteiger partial charge in [-0.15, -0.1) is 0 Å². The Morgan fingerprint density at radius 3 is 2.25 bits per heavy atom. The van der Waals surface area contributed by atoms with E-state index in [1.807, 2.05) is 13.8 Å². The lowest BCUT2D eigenvalue weighted by Crippen LogP contribution is -2.30. The molecular weight excluding hydrogens is 208 g/mol. The third-order valence-electron chi connectivity index (χ3n) is 1.92. The summed E-state index contributed by atoms with van der Waals surface area (Å²) in [6.45, 7) is 11.1. The van der Waals surface area contributed by atoms with Crippen LogP contribution in [0.3, 0.4) is 0 Å². The Kier molecular flexibility index (Phi) is 5.21. The second-order valence-corrected chi connectivity index (χ2v) is 4.92. The second-order valence-electron chi connectivity index (χ2n) is 4.92. The molecule has 0 radical (unpaired) electrons. The highest BCUT2D eigenvalue weighted by atomic mass is 16.6. The molecule has 0 atom stereocenters. The minimum absolute atomic E-state index is 0.0238. The average Bonchev–Trinajstić information content (AvgIpc) is 1.98. The molecule has 0 heterocycles. The van der Waals surface area contributed by atoms with Crippen LogP contribution in [0.15, 0.2) is 12.2 Å². The van der Waals surface area contributed by atoms with Crippen molar-refractivity contribution in [3.05, 3.63) is 12.2 Å². The number of ether oxygens (including phenoxy) is 1. The van der Waals surface area contributed by atoms with E-state index in [0.717, 1.165) is 6.42 Å². The van der Waals surface area contributed by atoms with E-state index in [4.69, 9.17) is 9.84 Å². The maximum Gasteiger partial charge on any atom is 0.334 e. The number of hydrogen-bond acceptors (Lipinski definition) is 3. The van der Waals surface area contributed by atoms with Gasteiger partial charge in [-0.3, -0.25) is 4.79 Å². The highest BCUT2D eigenvalue weighted by Crippen LogP contribution is 2.21. The molecule has 0 aliphatic carbocycles. The number of carboxylic acids is 1. The third-order valence-corrected chi connectivity index (χ3v) is 1.92. The van der Waals surface area contributed by atoms with E-state index in [1.54, 1.807) is 13.8 Å². The van der Waals surface area contributed by atoms with Gasteiger partial charge >= 0.3 is 11.9 Å². The number of carbonyl (C=O) groups is 2. The minimum Gasteiger partial charge on any atom is -0.481 e. The van der Waals surface area contributed by atoms with E-state index in [2.05, 4.69) is 6.58 Å². The van der Waals surface area contributed by atoms with E-state index < -0.39 is 17.5 Å². The Bertz CT molecular complexity index is 289. The Labute approximate surface area is 96.3 Å². The standard InChI is InChI=1S/C12H20O4/c1-8(2)7-12(4,5)16-11(15)9(3)6-10(13)14/h8H,3,6-7H2,1-2,4-5H3,(H,13,14). The summed E-state index contributed by atoms with van der Waals surface area (Å²) in [5.74, 6) is -1.31. The first-order valence-electron chi connectivity index (χ1n) is 5.27. The molecule has 0 aliphatic heterocycles. The van der Waals surface area contributed by atoms with Gasteiger partial charge in [-0.05, 0) is 26.2 Å². The molecule has 4 nitrogen and oxygen atoms in total. The maximum atomic E-state index is 11.5. The van der Waals surface area contributed by atoms with Crippen molar-refractivity contribution in [2.45, 2.75) is 46.1 Å². The first kappa shape index (κ1) is 14.7. The Morgan fingerprint density at radius 2 is 1.88 bits per heavy atom. The van der Waals surface area contributed by atoms with E-state index in [9.17, 15) is 9.59 Å². The molecule has 0 saturated carbocycles. The zero-order valence-corrected chi connectivity index (χ0v) is 10.4. The summed E-state index contributed by atoms with van der Waals surface area (Å²) < 4.78 is 5.21. The molecule has 0 aromatic heterocycles. The Morgan fingerprint density at radius 1 is 1.38 bits per heavy atom. The molecule has 0 spiro atoms. The molecule has 0 amide bonds. The fraction of sp³-hybridized carbons (Fsp3) is 0.667. The quantitative estimate of drug-likeness (QED) is 0.560. The normalized spacial score (nSPS) is 11.3. The van der Waals surface area contributed by atoms with Gasteiger partial charge in [-0.25, -0.2) is 4.79 Å². The fourth-order valence-corrected chi connectivity index (χ4v) is 1.60.